The molecular weight excluding hydrogens is 286 g/mol. The second-order valence-electron chi connectivity index (χ2n) is 5.82. The van der Waals surface area contributed by atoms with E-state index in [4.69, 9.17) is 9.47 Å². The van der Waals surface area contributed by atoms with Crippen LogP contribution in [0.2, 0.25) is 0 Å². The van der Waals surface area contributed by atoms with Gasteiger partial charge in [0, 0.05) is 24.9 Å². The second kappa shape index (κ2) is 9.21. The van der Waals surface area contributed by atoms with Gasteiger partial charge in [-0.15, -0.1) is 0 Å². The zero-order chi connectivity index (χ0) is 16.5. The summed E-state index contributed by atoms with van der Waals surface area (Å²) < 4.78 is 11.0. The van der Waals surface area contributed by atoms with E-state index < -0.39 is 0 Å². The molecule has 0 spiro atoms. The molecule has 0 unspecified atom stereocenters. The lowest BCUT2D eigenvalue weighted by Gasteiger charge is -2.11. The van der Waals surface area contributed by atoms with E-state index in [1.54, 1.807) is 0 Å². The highest BCUT2D eigenvalue weighted by Gasteiger charge is 2.00. The van der Waals surface area contributed by atoms with Gasteiger partial charge in [-0.2, -0.15) is 0 Å². The average Bonchev–Trinajstić information content (AvgIpc) is 2.58. The lowest BCUT2D eigenvalue weighted by Crippen LogP contribution is -2.06. The first-order valence-corrected chi connectivity index (χ1v) is 8.32. The maximum Gasteiger partial charge on any atom is 0.121 e. The topological polar surface area (TPSA) is 30.5 Å². The predicted molar refractivity (Wildman–Crippen MR) is 96.3 cm³/mol. The fourth-order valence-corrected chi connectivity index (χ4v) is 2.28. The third-order valence-electron chi connectivity index (χ3n) is 3.68. The number of hydrogen-bond donors (Lipinski definition) is 1. The standard InChI is InChI=1S/C20H27NO2/c1-4-22-12-13-23-20-7-5-6-19(14-20)21-15-17-8-10-18(11-9-17)16(2)3/h5-11,14,16,21H,4,12-13,15H2,1-3H3. The molecule has 23 heavy (non-hydrogen) atoms. The first-order chi connectivity index (χ1) is 11.2. The third kappa shape index (κ3) is 5.95. The summed E-state index contributed by atoms with van der Waals surface area (Å²) in [4.78, 5) is 0. The van der Waals surface area contributed by atoms with E-state index in [0.717, 1.165) is 24.6 Å². The molecule has 0 bridgehead atoms. The molecule has 1 N–H and O–H groups in total. The Balaban J connectivity index is 1.85. The lowest BCUT2D eigenvalue weighted by atomic mass is 10.0. The number of ether oxygens (including phenoxy) is 2. The third-order valence-corrected chi connectivity index (χ3v) is 3.68. The van der Waals surface area contributed by atoms with Gasteiger partial charge >= 0.3 is 0 Å². The van der Waals surface area contributed by atoms with Gasteiger partial charge < -0.3 is 14.8 Å². The molecule has 0 saturated heterocycles. The van der Waals surface area contributed by atoms with Crippen molar-refractivity contribution in [2.24, 2.45) is 0 Å². The zero-order valence-electron chi connectivity index (χ0n) is 14.3. The Morgan fingerprint density at radius 1 is 1.00 bits per heavy atom. The van der Waals surface area contributed by atoms with E-state index in [1.165, 1.54) is 11.1 Å². The van der Waals surface area contributed by atoms with Crippen LogP contribution < -0.4 is 10.1 Å². The molecule has 0 amide bonds. The Kier molecular flexibility index (Phi) is 6.95. The van der Waals surface area contributed by atoms with E-state index in [0.29, 0.717) is 19.1 Å². The van der Waals surface area contributed by atoms with Crippen LogP contribution in [-0.4, -0.2) is 19.8 Å². The molecule has 0 heterocycles. The van der Waals surface area contributed by atoms with Crippen LogP contribution in [0.1, 0.15) is 37.8 Å². The minimum atomic E-state index is 0.572. The Morgan fingerprint density at radius 2 is 1.78 bits per heavy atom. The molecule has 2 rings (SSSR count). The minimum absolute atomic E-state index is 0.572. The van der Waals surface area contributed by atoms with Crippen LogP contribution in [0.15, 0.2) is 48.5 Å². The molecule has 2 aromatic carbocycles. The molecule has 2 aromatic rings. The molecule has 0 radical (unpaired) electrons. The molecule has 0 saturated carbocycles. The Hall–Kier alpha value is -2.00. The fourth-order valence-electron chi connectivity index (χ4n) is 2.28. The highest BCUT2D eigenvalue weighted by atomic mass is 16.5. The fraction of sp³-hybridized carbons (Fsp3) is 0.400. The van der Waals surface area contributed by atoms with Crippen molar-refractivity contribution in [3.8, 4) is 5.75 Å². The maximum atomic E-state index is 5.68. The van der Waals surface area contributed by atoms with Crippen molar-refractivity contribution in [3.63, 3.8) is 0 Å². The van der Waals surface area contributed by atoms with Gasteiger partial charge in [-0.1, -0.05) is 44.2 Å². The summed E-state index contributed by atoms with van der Waals surface area (Å²) in [5, 5.41) is 3.44. The monoisotopic (exact) mass is 313 g/mol. The van der Waals surface area contributed by atoms with Crippen molar-refractivity contribution < 1.29 is 9.47 Å². The Morgan fingerprint density at radius 3 is 2.48 bits per heavy atom. The molecule has 3 nitrogen and oxygen atoms in total. The summed E-state index contributed by atoms with van der Waals surface area (Å²) in [5.41, 5.74) is 3.71. The van der Waals surface area contributed by atoms with Gasteiger partial charge in [-0.25, -0.2) is 0 Å². The van der Waals surface area contributed by atoms with Gasteiger partial charge in [0.25, 0.3) is 0 Å². The van der Waals surface area contributed by atoms with Crippen LogP contribution in [0.4, 0.5) is 5.69 Å². The number of benzene rings is 2. The van der Waals surface area contributed by atoms with E-state index >= 15 is 0 Å². The van der Waals surface area contributed by atoms with E-state index in [2.05, 4.69) is 49.5 Å². The average molecular weight is 313 g/mol. The largest absolute Gasteiger partial charge is 0.491 e. The van der Waals surface area contributed by atoms with Gasteiger partial charge in [0.1, 0.15) is 12.4 Å². The summed E-state index contributed by atoms with van der Waals surface area (Å²) >= 11 is 0. The number of anilines is 1. The summed E-state index contributed by atoms with van der Waals surface area (Å²) in [6, 6.07) is 16.8. The maximum absolute atomic E-state index is 5.68. The molecule has 0 aromatic heterocycles. The highest BCUT2D eigenvalue weighted by molar-refractivity contribution is 5.48. The van der Waals surface area contributed by atoms with Gasteiger partial charge in [0.2, 0.25) is 0 Å². The number of nitrogens with one attached hydrogen (secondary N) is 1. The van der Waals surface area contributed by atoms with Crippen LogP contribution in [0.3, 0.4) is 0 Å². The van der Waals surface area contributed by atoms with Crippen LogP contribution in [-0.2, 0) is 11.3 Å². The smallest absolute Gasteiger partial charge is 0.121 e. The lowest BCUT2D eigenvalue weighted by molar-refractivity contribution is 0.110. The molecule has 0 fully saturated rings. The zero-order valence-corrected chi connectivity index (χ0v) is 14.3. The van der Waals surface area contributed by atoms with Gasteiger partial charge in [-0.05, 0) is 36.1 Å². The molecular formula is C20H27NO2. The SMILES string of the molecule is CCOCCOc1cccc(NCc2ccc(C(C)C)cc2)c1. The van der Waals surface area contributed by atoms with Crippen LogP contribution >= 0.6 is 0 Å². The normalized spacial score (nSPS) is 10.8. The predicted octanol–water partition coefficient (Wildman–Crippen LogP) is 4.84. The van der Waals surface area contributed by atoms with Crippen molar-refractivity contribution in [1.29, 1.82) is 0 Å². The molecule has 124 valence electrons. The van der Waals surface area contributed by atoms with E-state index in [9.17, 15) is 0 Å². The molecule has 0 aliphatic rings. The summed E-state index contributed by atoms with van der Waals surface area (Å²) in [7, 11) is 0. The molecule has 0 aliphatic heterocycles. The first-order valence-electron chi connectivity index (χ1n) is 8.32. The Bertz CT molecular complexity index is 578. The minimum Gasteiger partial charge on any atom is -0.491 e. The van der Waals surface area contributed by atoms with Crippen LogP contribution in [0, 0.1) is 0 Å². The number of rotatable bonds is 9. The first kappa shape index (κ1) is 17.4. The summed E-state index contributed by atoms with van der Waals surface area (Å²) in [6.07, 6.45) is 0. The highest BCUT2D eigenvalue weighted by Crippen LogP contribution is 2.19. The summed E-state index contributed by atoms with van der Waals surface area (Å²) in [6.45, 7) is 9.14. The van der Waals surface area contributed by atoms with Gasteiger partial charge in [0.05, 0.1) is 6.61 Å². The van der Waals surface area contributed by atoms with Crippen molar-refractivity contribution in [1.82, 2.24) is 0 Å². The van der Waals surface area contributed by atoms with Gasteiger partial charge in [-0.3, -0.25) is 0 Å². The molecule has 0 aliphatic carbocycles. The molecule has 0 atom stereocenters. The van der Waals surface area contributed by atoms with Crippen molar-refractivity contribution >= 4 is 5.69 Å². The number of hydrogen-bond acceptors (Lipinski definition) is 3. The van der Waals surface area contributed by atoms with Crippen molar-refractivity contribution in [2.75, 3.05) is 25.1 Å². The summed E-state index contributed by atoms with van der Waals surface area (Å²) in [5.74, 6) is 1.44. The van der Waals surface area contributed by atoms with Crippen LogP contribution in [0.5, 0.6) is 5.75 Å². The van der Waals surface area contributed by atoms with Crippen LogP contribution in [0.25, 0.3) is 0 Å². The molecule has 3 heteroatoms. The van der Waals surface area contributed by atoms with Crippen molar-refractivity contribution in [2.45, 2.75) is 33.2 Å². The quantitative estimate of drug-likeness (QED) is 0.672. The van der Waals surface area contributed by atoms with E-state index in [-0.39, 0.29) is 0 Å². The van der Waals surface area contributed by atoms with E-state index in [1.807, 2.05) is 25.1 Å². The Labute approximate surface area is 139 Å². The van der Waals surface area contributed by atoms with Gasteiger partial charge in [0.15, 0.2) is 0 Å². The second-order valence-corrected chi connectivity index (χ2v) is 5.82. The van der Waals surface area contributed by atoms with Crippen molar-refractivity contribution in [3.05, 3.63) is 59.7 Å².